The molecular weight excluding hydrogens is 206 g/mol. The van der Waals surface area contributed by atoms with E-state index in [4.69, 9.17) is 11.3 Å². The van der Waals surface area contributed by atoms with Crippen LogP contribution in [0.4, 0.5) is 0 Å². The van der Waals surface area contributed by atoms with Crippen LogP contribution < -0.4 is 11.1 Å². The predicted octanol–water partition coefficient (Wildman–Crippen LogP) is 1.57. The van der Waals surface area contributed by atoms with E-state index in [1.54, 1.807) is 0 Å². The van der Waals surface area contributed by atoms with E-state index in [2.05, 4.69) is 22.3 Å². The molecule has 0 saturated carbocycles. The topological polar surface area (TPSA) is 104 Å². The molecule has 0 aliphatic heterocycles. The van der Waals surface area contributed by atoms with Crippen LogP contribution in [-0.2, 0) is 4.79 Å². The summed E-state index contributed by atoms with van der Waals surface area (Å²) in [6.45, 7) is 5.17. The van der Waals surface area contributed by atoms with Crippen molar-refractivity contribution in [2.45, 2.75) is 39.2 Å². The number of hydrogen-bond donors (Lipinski definition) is 2. The molecule has 0 aliphatic carbocycles. The highest BCUT2D eigenvalue weighted by Crippen LogP contribution is 2.10. The Hall–Kier alpha value is -1.26. The van der Waals surface area contributed by atoms with Crippen molar-refractivity contribution in [1.29, 1.82) is 0 Å². The Morgan fingerprint density at radius 1 is 1.62 bits per heavy atom. The van der Waals surface area contributed by atoms with Crippen LogP contribution in [0, 0.1) is 5.92 Å². The Labute approximate surface area is 96.2 Å². The van der Waals surface area contributed by atoms with E-state index in [9.17, 15) is 4.79 Å². The third-order valence-electron chi connectivity index (χ3n) is 2.48. The second-order valence-electron chi connectivity index (χ2n) is 3.91. The summed E-state index contributed by atoms with van der Waals surface area (Å²) in [6, 6.07) is -0.286. The predicted molar refractivity (Wildman–Crippen MR) is 63.7 cm³/mol. The summed E-state index contributed by atoms with van der Waals surface area (Å²) in [6.07, 6.45) is 2.72. The van der Waals surface area contributed by atoms with Gasteiger partial charge in [-0.25, -0.2) is 0 Å². The van der Waals surface area contributed by atoms with Gasteiger partial charge in [0.25, 0.3) is 0 Å². The van der Waals surface area contributed by atoms with Gasteiger partial charge >= 0.3 is 0 Å². The number of hydrogen-bond acceptors (Lipinski definition) is 3. The molecule has 0 radical (unpaired) electrons. The van der Waals surface area contributed by atoms with Crippen molar-refractivity contribution < 1.29 is 4.79 Å². The summed E-state index contributed by atoms with van der Waals surface area (Å²) in [5.41, 5.74) is 13.4. The first-order valence-corrected chi connectivity index (χ1v) is 5.67. The fourth-order valence-corrected chi connectivity index (χ4v) is 1.66. The molecule has 6 heteroatoms. The van der Waals surface area contributed by atoms with E-state index in [0.717, 1.165) is 12.8 Å². The summed E-state index contributed by atoms with van der Waals surface area (Å²) in [5.74, 6) is -0.0771. The van der Waals surface area contributed by atoms with Crippen LogP contribution in [0.3, 0.4) is 0 Å². The molecule has 1 amide bonds. The molecule has 0 aromatic carbocycles. The van der Waals surface area contributed by atoms with Crippen LogP contribution >= 0.6 is 0 Å². The van der Waals surface area contributed by atoms with Crippen LogP contribution in [-0.4, -0.2) is 25.0 Å². The molecule has 0 aromatic rings. The van der Waals surface area contributed by atoms with Gasteiger partial charge < -0.3 is 11.1 Å². The van der Waals surface area contributed by atoms with Gasteiger partial charge in [-0.2, -0.15) is 0 Å². The average molecular weight is 227 g/mol. The first-order valence-electron chi connectivity index (χ1n) is 5.67. The Kier molecular flexibility index (Phi) is 8.29. The van der Waals surface area contributed by atoms with Crippen LogP contribution in [0.25, 0.3) is 10.4 Å². The van der Waals surface area contributed by atoms with Crippen molar-refractivity contribution in [3.8, 4) is 0 Å². The van der Waals surface area contributed by atoms with E-state index < -0.39 is 0 Å². The fourth-order valence-electron chi connectivity index (χ4n) is 1.66. The Morgan fingerprint density at radius 3 is 2.81 bits per heavy atom. The van der Waals surface area contributed by atoms with Gasteiger partial charge in [-0.05, 0) is 30.8 Å². The number of azide groups is 1. The number of rotatable bonds is 9. The standard InChI is InChI=1S/C10H21N5O/c1-3-5-8(2)9(10(11)16)13-6-4-7-14-15-12/h8-9,13H,3-7H2,1-2H3,(H2,11,16). The maximum absolute atomic E-state index is 11.2. The molecule has 0 aromatic heterocycles. The Morgan fingerprint density at radius 2 is 2.31 bits per heavy atom. The molecule has 92 valence electrons. The zero-order chi connectivity index (χ0) is 12.4. The van der Waals surface area contributed by atoms with Gasteiger partial charge in [0.2, 0.25) is 5.91 Å². The van der Waals surface area contributed by atoms with E-state index in [0.29, 0.717) is 19.5 Å². The summed E-state index contributed by atoms with van der Waals surface area (Å²) >= 11 is 0. The lowest BCUT2D eigenvalue weighted by molar-refractivity contribution is -0.121. The number of carbonyl (C=O) groups is 1. The second-order valence-corrected chi connectivity index (χ2v) is 3.91. The molecule has 0 fully saturated rings. The van der Waals surface area contributed by atoms with Crippen molar-refractivity contribution in [3.63, 3.8) is 0 Å². The number of primary amides is 1. The minimum Gasteiger partial charge on any atom is -0.368 e. The number of amides is 1. The molecule has 0 heterocycles. The molecular formula is C10H21N5O. The number of nitrogens with one attached hydrogen (secondary N) is 1. The quantitative estimate of drug-likeness (QED) is 0.270. The maximum atomic E-state index is 11.2. The van der Waals surface area contributed by atoms with Gasteiger partial charge in [-0.3, -0.25) is 4.79 Å². The Bertz CT molecular complexity index is 250. The second kappa shape index (κ2) is 9.00. The first kappa shape index (κ1) is 14.7. The first-order chi connectivity index (χ1) is 7.63. The molecule has 6 nitrogen and oxygen atoms in total. The number of nitrogens with zero attached hydrogens (tertiary/aromatic N) is 3. The molecule has 2 atom stereocenters. The van der Waals surface area contributed by atoms with Crippen molar-refractivity contribution >= 4 is 5.91 Å². The lowest BCUT2D eigenvalue weighted by Gasteiger charge is -2.21. The fraction of sp³-hybridized carbons (Fsp3) is 0.900. The van der Waals surface area contributed by atoms with E-state index in [1.165, 1.54) is 0 Å². The molecule has 0 aliphatic rings. The highest BCUT2D eigenvalue weighted by molar-refractivity contribution is 5.80. The minimum atomic E-state index is -0.315. The molecule has 3 N–H and O–H groups in total. The third-order valence-corrected chi connectivity index (χ3v) is 2.48. The van der Waals surface area contributed by atoms with Crippen LogP contribution in [0.15, 0.2) is 5.11 Å². The van der Waals surface area contributed by atoms with Crippen LogP contribution in [0.5, 0.6) is 0 Å². The molecule has 0 rings (SSSR count). The van der Waals surface area contributed by atoms with E-state index >= 15 is 0 Å². The summed E-state index contributed by atoms with van der Waals surface area (Å²) in [7, 11) is 0. The average Bonchev–Trinajstić information content (AvgIpc) is 2.23. The normalized spacial score (nSPS) is 13.9. The van der Waals surface area contributed by atoms with Gasteiger partial charge in [-0.1, -0.05) is 25.4 Å². The Balaban J connectivity index is 3.94. The van der Waals surface area contributed by atoms with Crippen molar-refractivity contribution in [1.82, 2.24) is 5.32 Å². The van der Waals surface area contributed by atoms with Gasteiger partial charge in [0, 0.05) is 11.5 Å². The lowest BCUT2D eigenvalue weighted by Crippen LogP contribution is -2.46. The van der Waals surface area contributed by atoms with Crippen molar-refractivity contribution in [2.75, 3.05) is 13.1 Å². The van der Waals surface area contributed by atoms with Gasteiger partial charge in [0.15, 0.2) is 0 Å². The number of nitrogens with two attached hydrogens (primary N) is 1. The molecule has 0 bridgehead atoms. The van der Waals surface area contributed by atoms with Crippen molar-refractivity contribution in [2.24, 2.45) is 16.8 Å². The molecule has 0 spiro atoms. The lowest BCUT2D eigenvalue weighted by atomic mass is 9.96. The summed E-state index contributed by atoms with van der Waals surface area (Å²) in [4.78, 5) is 13.9. The third kappa shape index (κ3) is 6.27. The summed E-state index contributed by atoms with van der Waals surface area (Å²) < 4.78 is 0. The monoisotopic (exact) mass is 227 g/mol. The molecule has 0 saturated heterocycles. The zero-order valence-electron chi connectivity index (χ0n) is 10.0. The van der Waals surface area contributed by atoms with Crippen LogP contribution in [0.2, 0.25) is 0 Å². The van der Waals surface area contributed by atoms with E-state index in [-0.39, 0.29) is 17.9 Å². The minimum absolute atomic E-state index is 0.238. The van der Waals surface area contributed by atoms with Crippen LogP contribution in [0.1, 0.15) is 33.1 Å². The van der Waals surface area contributed by atoms with Gasteiger partial charge in [0.05, 0.1) is 6.04 Å². The maximum Gasteiger partial charge on any atom is 0.234 e. The van der Waals surface area contributed by atoms with Gasteiger partial charge in [0.1, 0.15) is 0 Å². The highest BCUT2D eigenvalue weighted by atomic mass is 16.1. The van der Waals surface area contributed by atoms with Crippen molar-refractivity contribution in [3.05, 3.63) is 10.4 Å². The summed E-state index contributed by atoms with van der Waals surface area (Å²) in [5, 5.41) is 6.52. The molecule has 16 heavy (non-hydrogen) atoms. The molecule has 2 unspecified atom stereocenters. The zero-order valence-corrected chi connectivity index (χ0v) is 10.0. The SMILES string of the molecule is CCCC(C)C(NCCCN=[N+]=[N-])C(N)=O. The smallest absolute Gasteiger partial charge is 0.234 e. The largest absolute Gasteiger partial charge is 0.368 e. The highest BCUT2D eigenvalue weighted by Gasteiger charge is 2.20. The van der Waals surface area contributed by atoms with Gasteiger partial charge in [-0.15, -0.1) is 0 Å². The van der Waals surface area contributed by atoms with E-state index in [1.807, 2.05) is 6.92 Å². The number of carbonyl (C=O) groups excluding carboxylic acids is 1.